The lowest BCUT2D eigenvalue weighted by atomic mass is 9.73. The molecule has 0 amide bonds. The Morgan fingerprint density at radius 3 is 2.80 bits per heavy atom. The summed E-state index contributed by atoms with van der Waals surface area (Å²) in [4.78, 5) is 0. The number of allylic oxidation sites excluding steroid dienone is 1. The second kappa shape index (κ2) is 5.20. The third-order valence-corrected chi connectivity index (χ3v) is 4.54. The van der Waals surface area contributed by atoms with E-state index in [2.05, 4.69) is 23.2 Å². The zero-order chi connectivity index (χ0) is 14.1. The van der Waals surface area contributed by atoms with E-state index in [-0.39, 0.29) is 11.8 Å². The molecule has 0 bridgehead atoms. The summed E-state index contributed by atoms with van der Waals surface area (Å²) in [5.74, 6) is 1.32. The van der Waals surface area contributed by atoms with E-state index in [1.54, 1.807) is 0 Å². The largest absolute Gasteiger partial charge is 0.420 e. The van der Waals surface area contributed by atoms with Crippen molar-refractivity contribution in [2.75, 3.05) is 0 Å². The van der Waals surface area contributed by atoms with Crippen molar-refractivity contribution >= 4 is 0 Å². The van der Waals surface area contributed by atoms with Crippen LogP contribution in [0.5, 0.6) is 5.88 Å². The Labute approximate surface area is 118 Å². The molecule has 20 heavy (non-hydrogen) atoms. The highest BCUT2D eigenvalue weighted by atomic mass is 16.5. The van der Waals surface area contributed by atoms with Gasteiger partial charge >= 0.3 is 0 Å². The lowest BCUT2D eigenvalue weighted by Crippen LogP contribution is -2.26. The molecule has 1 unspecified atom stereocenters. The van der Waals surface area contributed by atoms with Gasteiger partial charge in [0, 0.05) is 17.2 Å². The third kappa shape index (κ3) is 1.96. The Bertz CT molecular complexity index is 575. The molecular formula is C15H20N4O. The van der Waals surface area contributed by atoms with Crippen LogP contribution in [0.1, 0.15) is 56.2 Å². The van der Waals surface area contributed by atoms with Crippen molar-refractivity contribution in [3.8, 4) is 11.9 Å². The highest BCUT2D eigenvalue weighted by molar-refractivity contribution is 5.49. The second-order valence-electron chi connectivity index (χ2n) is 5.64. The Kier molecular flexibility index (Phi) is 3.39. The van der Waals surface area contributed by atoms with Crippen molar-refractivity contribution in [2.24, 2.45) is 11.7 Å². The predicted octanol–water partition coefficient (Wildman–Crippen LogP) is 2.72. The van der Waals surface area contributed by atoms with E-state index < -0.39 is 0 Å². The maximum atomic E-state index is 9.49. The van der Waals surface area contributed by atoms with Crippen LogP contribution in [0.3, 0.4) is 0 Å². The van der Waals surface area contributed by atoms with Gasteiger partial charge in [-0.2, -0.15) is 5.26 Å². The first kappa shape index (κ1) is 13.0. The lowest BCUT2D eigenvalue weighted by Gasteiger charge is -2.32. The molecule has 1 aromatic rings. The van der Waals surface area contributed by atoms with Crippen LogP contribution in [-0.4, -0.2) is 10.2 Å². The molecule has 1 atom stereocenters. The standard InChI is InChI=1S/C15H20N4O/c1-2-11-13-12(9-6-4-3-5-7-9)10(8-16)14(17)20-15(13)19-18-11/h9,12H,2-7,17H2,1H3,(H,18,19). The smallest absolute Gasteiger partial charge is 0.243 e. The Balaban J connectivity index is 2.07. The zero-order valence-corrected chi connectivity index (χ0v) is 11.8. The van der Waals surface area contributed by atoms with Gasteiger partial charge in [-0.1, -0.05) is 26.2 Å². The van der Waals surface area contributed by atoms with E-state index in [1.807, 2.05) is 0 Å². The molecule has 2 heterocycles. The van der Waals surface area contributed by atoms with Gasteiger partial charge in [0.05, 0.1) is 5.57 Å². The first-order valence-electron chi connectivity index (χ1n) is 7.41. The monoisotopic (exact) mass is 272 g/mol. The quantitative estimate of drug-likeness (QED) is 0.866. The van der Waals surface area contributed by atoms with Crippen molar-refractivity contribution in [1.29, 1.82) is 5.26 Å². The number of nitriles is 1. The fourth-order valence-electron chi connectivity index (χ4n) is 3.56. The van der Waals surface area contributed by atoms with Crippen molar-refractivity contribution in [3.63, 3.8) is 0 Å². The molecule has 1 aliphatic heterocycles. The van der Waals surface area contributed by atoms with Crippen LogP contribution in [0.2, 0.25) is 0 Å². The number of nitrogens with zero attached hydrogens (tertiary/aromatic N) is 2. The van der Waals surface area contributed by atoms with Gasteiger partial charge in [-0.3, -0.25) is 5.10 Å². The minimum Gasteiger partial charge on any atom is -0.420 e. The number of hydrogen-bond donors (Lipinski definition) is 2. The maximum Gasteiger partial charge on any atom is 0.243 e. The lowest BCUT2D eigenvalue weighted by molar-refractivity contribution is 0.296. The Morgan fingerprint density at radius 1 is 1.40 bits per heavy atom. The number of rotatable bonds is 2. The number of ether oxygens (including phenoxy) is 1. The molecule has 0 saturated heterocycles. The minimum atomic E-state index is 0.0535. The molecule has 5 nitrogen and oxygen atoms in total. The van der Waals surface area contributed by atoms with Crippen LogP contribution in [0.4, 0.5) is 0 Å². The SMILES string of the molecule is CCc1[nH]nc2c1C(C1CCCCC1)C(C#N)=C(N)O2. The summed E-state index contributed by atoms with van der Waals surface area (Å²) in [6.07, 6.45) is 6.91. The number of fused-ring (bicyclic) bond motifs is 1. The summed E-state index contributed by atoms with van der Waals surface area (Å²) in [5, 5.41) is 16.7. The van der Waals surface area contributed by atoms with Crippen molar-refractivity contribution in [3.05, 3.63) is 22.7 Å². The summed E-state index contributed by atoms with van der Waals surface area (Å²) >= 11 is 0. The molecular weight excluding hydrogens is 252 g/mol. The zero-order valence-electron chi connectivity index (χ0n) is 11.8. The number of aryl methyl sites for hydroxylation is 1. The van der Waals surface area contributed by atoms with Gasteiger partial charge in [-0.15, -0.1) is 5.10 Å². The molecule has 2 aliphatic rings. The molecule has 5 heteroatoms. The van der Waals surface area contributed by atoms with Crippen LogP contribution < -0.4 is 10.5 Å². The van der Waals surface area contributed by atoms with Crippen LogP contribution in [0.25, 0.3) is 0 Å². The minimum absolute atomic E-state index is 0.0535. The molecule has 106 valence electrons. The molecule has 0 spiro atoms. The first-order chi connectivity index (χ1) is 9.76. The molecule has 1 aromatic heterocycles. The predicted molar refractivity (Wildman–Crippen MR) is 74.7 cm³/mol. The normalized spacial score (nSPS) is 23.1. The summed E-state index contributed by atoms with van der Waals surface area (Å²) in [5.41, 5.74) is 8.64. The van der Waals surface area contributed by atoms with Crippen molar-refractivity contribution in [1.82, 2.24) is 10.2 Å². The highest BCUT2D eigenvalue weighted by Gasteiger charge is 2.38. The molecule has 1 fully saturated rings. The van der Waals surface area contributed by atoms with Gasteiger partial charge in [-0.05, 0) is 25.2 Å². The molecule has 3 N–H and O–H groups in total. The average Bonchev–Trinajstić information content (AvgIpc) is 2.89. The Morgan fingerprint density at radius 2 is 2.15 bits per heavy atom. The van der Waals surface area contributed by atoms with Crippen LogP contribution in [0.15, 0.2) is 11.5 Å². The summed E-state index contributed by atoms with van der Waals surface area (Å²) in [7, 11) is 0. The number of nitrogens with one attached hydrogen (secondary N) is 1. The van der Waals surface area contributed by atoms with E-state index in [1.165, 1.54) is 19.3 Å². The molecule has 3 rings (SSSR count). The topological polar surface area (TPSA) is 87.7 Å². The number of H-pyrrole nitrogens is 1. The number of nitrogens with two attached hydrogens (primary N) is 1. The second-order valence-corrected chi connectivity index (χ2v) is 5.64. The molecule has 0 radical (unpaired) electrons. The van der Waals surface area contributed by atoms with Gasteiger partial charge in [-0.25, -0.2) is 0 Å². The van der Waals surface area contributed by atoms with Crippen LogP contribution >= 0.6 is 0 Å². The fourth-order valence-corrected chi connectivity index (χ4v) is 3.56. The number of aromatic nitrogens is 2. The fraction of sp³-hybridized carbons (Fsp3) is 0.600. The van der Waals surface area contributed by atoms with Crippen molar-refractivity contribution < 1.29 is 4.74 Å². The third-order valence-electron chi connectivity index (χ3n) is 4.54. The summed E-state index contributed by atoms with van der Waals surface area (Å²) < 4.78 is 5.53. The van der Waals surface area contributed by atoms with Gasteiger partial charge in [0.25, 0.3) is 0 Å². The van der Waals surface area contributed by atoms with E-state index >= 15 is 0 Å². The van der Waals surface area contributed by atoms with E-state index in [4.69, 9.17) is 10.5 Å². The van der Waals surface area contributed by atoms with Gasteiger partial charge in [0.15, 0.2) is 0 Å². The molecule has 0 aromatic carbocycles. The number of hydrogen-bond acceptors (Lipinski definition) is 4. The van der Waals surface area contributed by atoms with Gasteiger partial charge in [0.1, 0.15) is 6.07 Å². The van der Waals surface area contributed by atoms with E-state index in [0.717, 1.165) is 30.5 Å². The summed E-state index contributed by atoms with van der Waals surface area (Å²) in [6, 6.07) is 2.27. The number of aromatic amines is 1. The van der Waals surface area contributed by atoms with E-state index in [0.29, 0.717) is 17.4 Å². The molecule has 1 saturated carbocycles. The highest BCUT2D eigenvalue weighted by Crippen LogP contribution is 2.47. The van der Waals surface area contributed by atoms with E-state index in [9.17, 15) is 5.26 Å². The Hall–Kier alpha value is -1.96. The van der Waals surface area contributed by atoms with Gasteiger partial charge in [0.2, 0.25) is 11.8 Å². The molecule has 1 aliphatic carbocycles. The van der Waals surface area contributed by atoms with Crippen LogP contribution in [-0.2, 0) is 6.42 Å². The van der Waals surface area contributed by atoms with Crippen molar-refractivity contribution in [2.45, 2.75) is 51.4 Å². The maximum absolute atomic E-state index is 9.49. The van der Waals surface area contributed by atoms with Crippen LogP contribution in [0, 0.1) is 17.2 Å². The average molecular weight is 272 g/mol. The summed E-state index contributed by atoms with van der Waals surface area (Å²) in [6.45, 7) is 2.08. The first-order valence-corrected chi connectivity index (χ1v) is 7.41. The van der Waals surface area contributed by atoms with Gasteiger partial charge < -0.3 is 10.5 Å².